The zero-order chi connectivity index (χ0) is 20.3. The summed E-state index contributed by atoms with van der Waals surface area (Å²) in [5.74, 6) is -0.0666. The number of carbonyl (C=O) groups excluding carboxylic acids is 1. The molecule has 0 bridgehead atoms. The van der Waals surface area contributed by atoms with Gasteiger partial charge in [-0.15, -0.1) is 0 Å². The van der Waals surface area contributed by atoms with Crippen molar-refractivity contribution >= 4 is 39.7 Å². The van der Waals surface area contributed by atoms with Gasteiger partial charge in [-0.2, -0.15) is 0 Å². The number of rotatable bonds is 2. The van der Waals surface area contributed by atoms with Crippen molar-refractivity contribution in [1.29, 1.82) is 0 Å². The van der Waals surface area contributed by atoms with Crippen LogP contribution in [-0.2, 0) is 7.05 Å². The number of pyridine rings is 1. The fraction of sp³-hybridized carbons (Fsp3) is 0.0833. The number of halogens is 1. The van der Waals surface area contributed by atoms with E-state index < -0.39 is 0 Å². The second-order valence-corrected chi connectivity index (χ2v) is 7.73. The largest absolute Gasteiger partial charge is 0.354 e. The van der Waals surface area contributed by atoms with E-state index in [1.54, 1.807) is 23.7 Å². The molecule has 1 aromatic heterocycles. The molecule has 0 atom stereocenters. The molecular weight excluding hydrogens is 384 g/mol. The van der Waals surface area contributed by atoms with Gasteiger partial charge in [0, 0.05) is 24.1 Å². The van der Waals surface area contributed by atoms with Crippen LogP contribution in [-0.4, -0.2) is 10.4 Å². The van der Waals surface area contributed by atoms with Gasteiger partial charge in [-0.05, 0) is 47.9 Å². The second kappa shape index (κ2) is 6.33. The summed E-state index contributed by atoms with van der Waals surface area (Å²) in [7, 11) is 1.72. The van der Waals surface area contributed by atoms with Gasteiger partial charge in [0.05, 0.1) is 27.5 Å². The number of carbonyl (C=O) groups is 1. The van der Waals surface area contributed by atoms with E-state index in [0.29, 0.717) is 21.8 Å². The fourth-order valence-electron chi connectivity index (χ4n) is 4.02. The summed E-state index contributed by atoms with van der Waals surface area (Å²) in [6.45, 7) is 1.97. The molecule has 5 rings (SSSR count). The molecule has 1 heterocycles. The van der Waals surface area contributed by atoms with Gasteiger partial charge in [0.25, 0.3) is 5.56 Å². The summed E-state index contributed by atoms with van der Waals surface area (Å²) in [4.78, 5) is 26.0. The van der Waals surface area contributed by atoms with E-state index in [1.165, 1.54) is 0 Å². The molecule has 29 heavy (non-hydrogen) atoms. The minimum atomic E-state index is -0.107. The van der Waals surface area contributed by atoms with Gasteiger partial charge in [0.15, 0.2) is 5.78 Å². The predicted molar refractivity (Wildman–Crippen MR) is 118 cm³/mol. The zero-order valence-corrected chi connectivity index (χ0v) is 16.7. The highest BCUT2D eigenvalue weighted by atomic mass is 35.5. The molecule has 0 spiro atoms. The molecule has 0 amide bonds. The first-order valence-corrected chi connectivity index (χ1v) is 9.67. The van der Waals surface area contributed by atoms with Crippen LogP contribution >= 0.6 is 11.6 Å². The van der Waals surface area contributed by atoms with E-state index in [9.17, 15) is 9.59 Å². The number of anilines is 2. The van der Waals surface area contributed by atoms with Gasteiger partial charge in [0.2, 0.25) is 0 Å². The Hall–Kier alpha value is -3.37. The van der Waals surface area contributed by atoms with Crippen molar-refractivity contribution < 1.29 is 4.79 Å². The zero-order valence-electron chi connectivity index (χ0n) is 15.9. The van der Waals surface area contributed by atoms with Crippen LogP contribution in [0.1, 0.15) is 21.5 Å². The second-order valence-electron chi connectivity index (χ2n) is 7.32. The van der Waals surface area contributed by atoms with Crippen molar-refractivity contribution in [2.24, 2.45) is 7.05 Å². The number of nitrogens with one attached hydrogen (secondary N) is 1. The first-order chi connectivity index (χ1) is 14.0. The molecule has 1 aliphatic carbocycles. The van der Waals surface area contributed by atoms with Crippen molar-refractivity contribution in [3.05, 3.63) is 92.7 Å². The quantitative estimate of drug-likeness (QED) is 0.428. The maximum absolute atomic E-state index is 13.5. The van der Waals surface area contributed by atoms with Crippen LogP contribution in [0.3, 0.4) is 0 Å². The molecule has 3 aromatic carbocycles. The highest BCUT2D eigenvalue weighted by Gasteiger charge is 2.29. The summed E-state index contributed by atoms with van der Waals surface area (Å²) in [6.07, 6.45) is 0. The molecule has 0 saturated carbocycles. The smallest absolute Gasteiger partial charge is 0.251 e. The summed E-state index contributed by atoms with van der Waals surface area (Å²) in [5, 5.41) is 4.69. The summed E-state index contributed by atoms with van der Waals surface area (Å²) >= 11 is 6.41. The minimum absolute atomic E-state index is 0.0666. The van der Waals surface area contributed by atoms with E-state index in [2.05, 4.69) is 5.32 Å². The molecule has 4 aromatic rings. The molecule has 1 aliphatic rings. The van der Waals surface area contributed by atoms with Gasteiger partial charge in [-0.1, -0.05) is 41.9 Å². The highest BCUT2D eigenvalue weighted by molar-refractivity contribution is 6.33. The molecule has 4 nitrogen and oxygen atoms in total. The van der Waals surface area contributed by atoms with Crippen LogP contribution in [0.4, 0.5) is 11.4 Å². The van der Waals surface area contributed by atoms with Crippen molar-refractivity contribution in [2.45, 2.75) is 6.92 Å². The van der Waals surface area contributed by atoms with E-state index in [4.69, 9.17) is 11.6 Å². The van der Waals surface area contributed by atoms with Crippen LogP contribution in [0.15, 0.2) is 65.5 Å². The monoisotopic (exact) mass is 400 g/mol. The van der Waals surface area contributed by atoms with E-state index in [-0.39, 0.29) is 11.3 Å². The fourth-order valence-corrected chi connectivity index (χ4v) is 4.31. The van der Waals surface area contributed by atoms with Gasteiger partial charge < -0.3 is 9.88 Å². The molecule has 0 aliphatic heterocycles. The Morgan fingerprint density at radius 1 is 0.862 bits per heavy atom. The van der Waals surface area contributed by atoms with Gasteiger partial charge in [-0.25, -0.2) is 0 Å². The number of fused-ring (bicyclic) bond motifs is 2. The minimum Gasteiger partial charge on any atom is -0.354 e. The average molecular weight is 401 g/mol. The Kier molecular flexibility index (Phi) is 3.86. The lowest BCUT2D eigenvalue weighted by Crippen LogP contribution is -2.21. The lowest BCUT2D eigenvalue weighted by atomic mass is 9.83. The van der Waals surface area contributed by atoms with Crippen molar-refractivity contribution in [3.63, 3.8) is 0 Å². The molecule has 0 unspecified atom stereocenters. The van der Waals surface area contributed by atoms with Crippen LogP contribution < -0.4 is 10.9 Å². The first kappa shape index (κ1) is 17.7. The number of ketones is 1. The van der Waals surface area contributed by atoms with E-state index in [1.807, 2.05) is 55.5 Å². The van der Waals surface area contributed by atoms with Crippen LogP contribution in [0.25, 0.3) is 22.0 Å². The standard InChI is InChI=1S/C24H17ClN2O2/c1-13-7-8-18(17(25)11-13)26-19-9-10-20-22-16(12-21(28)27(20)2)14-5-3-4-6-15(14)24(29)23(19)22/h3-12,26H,1-2H3. The number of aryl methyl sites for hydroxylation is 2. The summed E-state index contributed by atoms with van der Waals surface area (Å²) in [6, 6.07) is 18.5. The molecule has 142 valence electrons. The summed E-state index contributed by atoms with van der Waals surface area (Å²) < 4.78 is 1.58. The van der Waals surface area contributed by atoms with Gasteiger partial charge in [0.1, 0.15) is 0 Å². The number of hydrogen-bond donors (Lipinski definition) is 1. The van der Waals surface area contributed by atoms with Crippen LogP contribution in [0, 0.1) is 6.92 Å². The highest BCUT2D eigenvalue weighted by Crippen LogP contribution is 2.42. The third-order valence-electron chi connectivity index (χ3n) is 5.50. The molecule has 0 saturated heterocycles. The van der Waals surface area contributed by atoms with E-state index >= 15 is 0 Å². The number of nitrogens with zero attached hydrogens (tertiary/aromatic N) is 1. The van der Waals surface area contributed by atoms with Crippen LogP contribution in [0.5, 0.6) is 0 Å². The molecule has 1 N–H and O–H groups in total. The number of aromatic nitrogens is 1. The molecule has 0 fully saturated rings. The Labute approximate surface area is 172 Å². The maximum atomic E-state index is 13.5. The van der Waals surface area contributed by atoms with Gasteiger partial charge in [-0.3, -0.25) is 9.59 Å². The topological polar surface area (TPSA) is 51.1 Å². The normalized spacial score (nSPS) is 12.2. The van der Waals surface area contributed by atoms with Crippen LogP contribution in [0.2, 0.25) is 5.02 Å². The summed E-state index contributed by atoms with van der Waals surface area (Å²) in [5.41, 5.74) is 5.81. The average Bonchev–Trinajstić information content (AvgIpc) is 2.71. The number of benzene rings is 3. The van der Waals surface area contributed by atoms with Gasteiger partial charge >= 0.3 is 0 Å². The Morgan fingerprint density at radius 3 is 2.34 bits per heavy atom. The number of hydrogen-bond acceptors (Lipinski definition) is 3. The molecule has 5 heteroatoms. The lowest BCUT2D eigenvalue weighted by molar-refractivity contribution is 0.104. The third kappa shape index (κ3) is 2.60. The van der Waals surface area contributed by atoms with Crippen molar-refractivity contribution in [1.82, 2.24) is 4.57 Å². The van der Waals surface area contributed by atoms with Crippen molar-refractivity contribution in [3.8, 4) is 11.1 Å². The lowest BCUT2D eigenvalue weighted by Gasteiger charge is -2.23. The van der Waals surface area contributed by atoms with E-state index in [0.717, 1.165) is 33.3 Å². The Morgan fingerprint density at radius 2 is 1.59 bits per heavy atom. The van der Waals surface area contributed by atoms with Crippen molar-refractivity contribution in [2.75, 3.05) is 5.32 Å². The first-order valence-electron chi connectivity index (χ1n) is 9.30. The Bertz CT molecular complexity index is 1400. The molecular formula is C24H17ClN2O2. The SMILES string of the molecule is Cc1ccc(Nc2ccc3c4c(cc(=O)n3C)-c3ccccc3C(=O)c24)c(Cl)c1. The third-order valence-corrected chi connectivity index (χ3v) is 5.81. The predicted octanol–water partition coefficient (Wildman–Crippen LogP) is 5.46. The maximum Gasteiger partial charge on any atom is 0.251 e. The molecule has 0 radical (unpaired) electrons. The Balaban J connectivity index is 1.84.